The summed E-state index contributed by atoms with van der Waals surface area (Å²) in [6.07, 6.45) is 3.40. The van der Waals surface area contributed by atoms with Gasteiger partial charge in [0.15, 0.2) is 5.65 Å². The number of rotatable bonds is 4. The van der Waals surface area contributed by atoms with Crippen molar-refractivity contribution in [3.8, 4) is 17.0 Å². The van der Waals surface area contributed by atoms with Crippen molar-refractivity contribution in [1.82, 2.24) is 19.5 Å². The molecule has 2 heterocycles. The van der Waals surface area contributed by atoms with Crippen molar-refractivity contribution in [3.05, 3.63) is 72.8 Å². The van der Waals surface area contributed by atoms with Crippen LogP contribution in [-0.2, 0) is 6.54 Å². The molecule has 0 saturated heterocycles. The maximum absolute atomic E-state index is 5.30. The number of nitrogens with zero attached hydrogens (tertiary/aromatic N) is 4. The van der Waals surface area contributed by atoms with Gasteiger partial charge < -0.3 is 9.30 Å². The van der Waals surface area contributed by atoms with Crippen molar-refractivity contribution < 1.29 is 4.74 Å². The zero-order valence-corrected chi connectivity index (χ0v) is 13.3. The van der Waals surface area contributed by atoms with E-state index in [1.807, 2.05) is 53.4 Å². The molecular weight excluding hydrogens is 300 g/mol. The molecule has 0 atom stereocenters. The highest BCUT2D eigenvalue weighted by Gasteiger charge is 2.12. The van der Waals surface area contributed by atoms with Gasteiger partial charge in [0.2, 0.25) is 0 Å². The van der Waals surface area contributed by atoms with Crippen molar-refractivity contribution in [1.29, 1.82) is 0 Å². The summed E-state index contributed by atoms with van der Waals surface area (Å²) in [6, 6.07) is 18.1. The van der Waals surface area contributed by atoms with Gasteiger partial charge in [-0.3, -0.25) is 0 Å². The first-order chi connectivity index (χ1) is 11.8. The molecule has 24 heavy (non-hydrogen) atoms. The smallest absolute Gasteiger partial charge is 0.164 e. The second kappa shape index (κ2) is 6.12. The summed E-state index contributed by atoms with van der Waals surface area (Å²) in [7, 11) is 1.66. The molecule has 0 aliphatic carbocycles. The largest absolute Gasteiger partial charge is 0.497 e. The first-order valence-electron chi connectivity index (χ1n) is 7.69. The van der Waals surface area contributed by atoms with Crippen molar-refractivity contribution in [2.24, 2.45) is 0 Å². The summed E-state index contributed by atoms with van der Waals surface area (Å²) in [5.41, 5.74) is 4.60. The Morgan fingerprint density at radius 3 is 2.67 bits per heavy atom. The number of ether oxygens (including phenoxy) is 1. The van der Waals surface area contributed by atoms with Gasteiger partial charge in [-0.1, -0.05) is 42.5 Å². The van der Waals surface area contributed by atoms with E-state index in [4.69, 9.17) is 4.74 Å². The van der Waals surface area contributed by atoms with Crippen LogP contribution in [0.3, 0.4) is 0 Å². The Kier molecular flexibility index (Phi) is 3.67. The molecule has 0 radical (unpaired) electrons. The maximum atomic E-state index is 5.30. The van der Waals surface area contributed by atoms with Crippen molar-refractivity contribution in [2.45, 2.75) is 6.54 Å². The van der Waals surface area contributed by atoms with Crippen LogP contribution in [0.15, 0.2) is 67.3 Å². The predicted molar refractivity (Wildman–Crippen MR) is 92.9 cm³/mol. The minimum atomic E-state index is 0.728. The first kappa shape index (κ1) is 14.4. The molecule has 0 unspecified atom stereocenters. The van der Waals surface area contributed by atoms with E-state index < -0.39 is 0 Å². The van der Waals surface area contributed by atoms with E-state index in [1.54, 1.807) is 13.4 Å². The molecule has 0 N–H and O–H groups in total. The Bertz CT molecular complexity index is 979. The van der Waals surface area contributed by atoms with Crippen molar-refractivity contribution in [3.63, 3.8) is 0 Å². The lowest BCUT2D eigenvalue weighted by molar-refractivity contribution is 0.415. The Morgan fingerprint density at radius 1 is 0.958 bits per heavy atom. The fourth-order valence-electron chi connectivity index (χ4n) is 2.76. The van der Waals surface area contributed by atoms with E-state index >= 15 is 0 Å². The average Bonchev–Trinajstić information content (AvgIpc) is 3.05. The van der Waals surface area contributed by atoms with Gasteiger partial charge in [-0.2, -0.15) is 0 Å². The molecule has 0 spiro atoms. The molecule has 4 aromatic rings. The Morgan fingerprint density at radius 2 is 1.83 bits per heavy atom. The highest BCUT2D eigenvalue weighted by molar-refractivity contribution is 5.87. The normalized spacial score (nSPS) is 10.9. The summed E-state index contributed by atoms with van der Waals surface area (Å²) in [6.45, 7) is 0.728. The van der Waals surface area contributed by atoms with E-state index in [9.17, 15) is 0 Å². The molecule has 0 aliphatic rings. The van der Waals surface area contributed by atoms with Crippen LogP contribution < -0.4 is 4.74 Å². The second-order valence-corrected chi connectivity index (χ2v) is 5.48. The van der Waals surface area contributed by atoms with E-state index in [1.165, 1.54) is 5.56 Å². The van der Waals surface area contributed by atoms with E-state index in [0.717, 1.165) is 34.7 Å². The highest BCUT2D eigenvalue weighted by atomic mass is 16.5. The van der Waals surface area contributed by atoms with Gasteiger partial charge in [-0.05, 0) is 17.7 Å². The monoisotopic (exact) mass is 316 g/mol. The summed E-state index contributed by atoms with van der Waals surface area (Å²) < 4.78 is 7.34. The van der Waals surface area contributed by atoms with Crippen LogP contribution in [0.5, 0.6) is 5.75 Å². The number of hydrogen-bond donors (Lipinski definition) is 0. The molecule has 0 bridgehead atoms. The molecular formula is C19H16N4O. The zero-order chi connectivity index (χ0) is 16.4. The molecule has 2 aromatic carbocycles. The summed E-state index contributed by atoms with van der Waals surface area (Å²) in [4.78, 5) is 13.4. The third-order valence-corrected chi connectivity index (χ3v) is 3.94. The van der Waals surface area contributed by atoms with Crippen LogP contribution >= 0.6 is 0 Å². The Balaban J connectivity index is 1.79. The zero-order valence-electron chi connectivity index (χ0n) is 13.3. The van der Waals surface area contributed by atoms with Crippen LogP contribution in [0.1, 0.15) is 5.56 Å². The minimum Gasteiger partial charge on any atom is -0.497 e. The van der Waals surface area contributed by atoms with Crippen LogP contribution in [0.4, 0.5) is 0 Å². The number of methoxy groups -OCH3 is 1. The lowest BCUT2D eigenvalue weighted by Gasteiger charge is -2.06. The van der Waals surface area contributed by atoms with Crippen LogP contribution in [0.25, 0.3) is 22.4 Å². The summed E-state index contributed by atoms with van der Waals surface area (Å²) >= 11 is 0. The Labute approximate surface area is 139 Å². The highest BCUT2D eigenvalue weighted by Crippen LogP contribution is 2.27. The fraction of sp³-hybridized carbons (Fsp3) is 0.105. The van der Waals surface area contributed by atoms with Gasteiger partial charge in [0.05, 0.1) is 20.0 Å². The van der Waals surface area contributed by atoms with Gasteiger partial charge in [0.25, 0.3) is 0 Å². The van der Waals surface area contributed by atoms with E-state index in [2.05, 4.69) is 27.1 Å². The number of fused-ring (bicyclic) bond motifs is 1. The molecule has 0 aliphatic heterocycles. The quantitative estimate of drug-likeness (QED) is 0.578. The molecule has 118 valence electrons. The molecule has 0 fully saturated rings. The number of hydrogen-bond acceptors (Lipinski definition) is 4. The summed E-state index contributed by atoms with van der Waals surface area (Å²) in [5, 5.41) is 0. The SMILES string of the molecule is COc1cccc(-c2ncnc3c2ncn3Cc2ccccc2)c1. The molecule has 0 saturated carbocycles. The second-order valence-electron chi connectivity index (χ2n) is 5.48. The van der Waals surface area contributed by atoms with E-state index in [0.29, 0.717) is 0 Å². The fourth-order valence-corrected chi connectivity index (χ4v) is 2.76. The Hall–Kier alpha value is -3.21. The minimum absolute atomic E-state index is 0.728. The molecule has 0 amide bonds. The lowest BCUT2D eigenvalue weighted by Crippen LogP contribution is -1.99. The average molecular weight is 316 g/mol. The topological polar surface area (TPSA) is 52.8 Å². The predicted octanol–water partition coefficient (Wildman–Crippen LogP) is 3.55. The molecule has 5 heteroatoms. The van der Waals surface area contributed by atoms with Crippen LogP contribution in [-0.4, -0.2) is 26.6 Å². The summed E-state index contributed by atoms with van der Waals surface area (Å²) in [5.74, 6) is 0.794. The van der Waals surface area contributed by atoms with Crippen LogP contribution in [0.2, 0.25) is 0 Å². The van der Waals surface area contributed by atoms with Gasteiger partial charge in [0.1, 0.15) is 23.3 Å². The van der Waals surface area contributed by atoms with Crippen molar-refractivity contribution >= 4 is 11.2 Å². The third kappa shape index (κ3) is 2.60. The van der Waals surface area contributed by atoms with Gasteiger partial charge >= 0.3 is 0 Å². The molecule has 5 nitrogen and oxygen atoms in total. The van der Waals surface area contributed by atoms with Gasteiger partial charge in [-0.15, -0.1) is 0 Å². The first-order valence-corrected chi connectivity index (χ1v) is 7.69. The number of imidazole rings is 1. The molecule has 4 rings (SSSR count). The van der Waals surface area contributed by atoms with Gasteiger partial charge in [0, 0.05) is 5.56 Å². The van der Waals surface area contributed by atoms with Crippen molar-refractivity contribution in [2.75, 3.05) is 7.11 Å². The number of aromatic nitrogens is 4. The van der Waals surface area contributed by atoms with E-state index in [-0.39, 0.29) is 0 Å². The third-order valence-electron chi connectivity index (χ3n) is 3.94. The van der Waals surface area contributed by atoms with Gasteiger partial charge in [-0.25, -0.2) is 15.0 Å². The molecule has 2 aromatic heterocycles. The maximum Gasteiger partial charge on any atom is 0.164 e. The van der Waals surface area contributed by atoms with Crippen LogP contribution in [0, 0.1) is 0 Å². The standard InChI is InChI=1S/C19H16N4O/c1-24-16-9-5-8-15(10-16)17-18-19(21-12-20-17)23(13-22-18)11-14-6-3-2-4-7-14/h2-10,12-13H,11H2,1H3. The number of benzene rings is 2. The lowest BCUT2D eigenvalue weighted by atomic mass is 10.1.